The fourth-order valence-corrected chi connectivity index (χ4v) is 6.37. The van der Waals surface area contributed by atoms with Crippen molar-refractivity contribution >= 4 is 6.21 Å². The van der Waals surface area contributed by atoms with E-state index in [-0.39, 0.29) is 5.92 Å². The molecule has 0 aromatic carbocycles. The van der Waals surface area contributed by atoms with Gasteiger partial charge >= 0.3 is 0 Å². The van der Waals surface area contributed by atoms with Crippen LogP contribution in [0.5, 0.6) is 0 Å². The van der Waals surface area contributed by atoms with Gasteiger partial charge in [0, 0.05) is 50.9 Å². The van der Waals surface area contributed by atoms with Crippen molar-refractivity contribution in [2.24, 2.45) is 10.9 Å². The lowest BCUT2D eigenvalue weighted by Gasteiger charge is -2.40. The van der Waals surface area contributed by atoms with Crippen molar-refractivity contribution in [2.45, 2.75) is 95.7 Å². The van der Waals surface area contributed by atoms with Gasteiger partial charge in [-0.15, -0.1) is 0 Å². The van der Waals surface area contributed by atoms with Gasteiger partial charge in [-0.3, -0.25) is 14.8 Å². The van der Waals surface area contributed by atoms with Gasteiger partial charge in [-0.25, -0.2) is 0 Å². The Kier molecular flexibility index (Phi) is 7.78. The largest absolute Gasteiger partial charge is 0.339 e. The van der Waals surface area contributed by atoms with E-state index in [4.69, 9.17) is 14.5 Å². The number of nitrogens with zero attached hydrogens (tertiary/aromatic N) is 6. The molecular weight excluding hydrogens is 412 g/mol. The molecule has 5 rings (SSSR count). The Labute approximate surface area is 200 Å². The zero-order chi connectivity index (χ0) is 22.6. The molecule has 3 aliphatic heterocycles. The molecule has 0 amide bonds. The molecule has 7 heteroatoms. The predicted molar refractivity (Wildman–Crippen MR) is 132 cm³/mol. The minimum absolute atomic E-state index is 0.214. The van der Waals surface area contributed by atoms with Crippen LogP contribution in [0.2, 0.25) is 0 Å². The highest BCUT2D eigenvalue weighted by molar-refractivity contribution is 5.67. The Morgan fingerprint density at radius 1 is 0.909 bits per heavy atom. The molecule has 0 bridgehead atoms. The summed E-state index contributed by atoms with van der Waals surface area (Å²) in [5, 5.41) is 4.39. The maximum atomic E-state index is 5.77. The minimum Gasteiger partial charge on any atom is -0.339 e. The summed E-state index contributed by atoms with van der Waals surface area (Å²) in [6, 6.07) is 0.642. The summed E-state index contributed by atoms with van der Waals surface area (Å²) in [6.07, 6.45) is 13.8. The number of rotatable bonds is 6. The van der Waals surface area contributed by atoms with E-state index in [1.54, 1.807) is 0 Å². The number of piperidine rings is 1. The van der Waals surface area contributed by atoms with Crippen LogP contribution >= 0.6 is 0 Å². The molecule has 0 spiro atoms. The van der Waals surface area contributed by atoms with Gasteiger partial charge in [-0.2, -0.15) is 4.98 Å². The number of likely N-dealkylation sites (tertiary alicyclic amines) is 1. The van der Waals surface area contributed by atoms with Crippen LogP contribution in [0.25, 0.3) is 0 Å². The van der Waals surface area contributed by atoms with E-state index in [2.05, 4.69) is 39.9 Å². The first kappa shape index (κ1) is 23.4. The van der Waals surface area contributed by atoms with Crippen molar-refractivity contribution in [3.8, 4) is 0 Å². The third-order valence-electron chi connectivity index (χ3n) is 8.62. The zero-order valence-electron chi connectivity index (χ0n) is 20.9. The Balaban J connectivity index is 1.09. The molecule has 0 radical (unpaired) electrons. The third-order valence-corrected chi connectivity index (χ3v) is 8.62. The standard InChI is InChI=1S/C26H44N6O/c1-20(2)31-14-16-32(17-15-31)24-11-10-23(18-27-24)25-28-26(33-29-25)22-8-6-21(7-9-22)19-30-12-4-3-5-13-30/h18,20-24H,3-17,19H2,1-2H3. The van der Waals surface area contributed by atoms with Crippen LogP contribution in [0.15, 0.2) is 9.52 Å². The second-order valence-electron chi connectivity index (χ2n) is 11.2. The maximum Gasteiger partial charge on any atom is 0.229 e. The summed E-state index contributed by atoms with van der Waals surface area (Å²) in [6.45, 7) is 13.1. The Morgan fingerprint density at radius 3 is 2.33 bits per heavy atom. The maximum absolute atomic E-state index is 5.77. The van der Waals surface area contributed by atoms with E-state index in [0.29, 0.717) is 18.1 Å². The van der Waals surface area contributed by atoms with Crippen molar-refractivity contribution in [3.63, 3.8) is 0 Å². The van der Waals surface area contributed by atoms with Gasteiger partial charge in [0.25, 0.3) is 0 Å². The smallest absolute Gasteiger partial charge is 0.229 e. The topological polar surface area (TPSA) is 61.0 Å². The van der Waals surface area contributed by atoms with E-state index in [1.165, 1.54) is 64.6 Å². The van der Waals surface area contributed by atoms with Gasteiger partial charge in [-0.1, -0.05) is 11.6 Å². The second kappa shape index (κ2) is 11.0. The molecule has 33 heavy (non-hydrogen) atoms. The molecule has 4 heterocycles. The SMILES string of the molecule is CC(C)N1CCN(C2CCC(c3noc(C4CCC(CN5CCCCC5)CC4)n3)C=N2)CC1. The molecule has 3 fully saturated rings. The van der Waals surface area contributed by atoms with Crippen molar-refractivity contribution in [3.05, 3.63) is 11.7 Å². The van der Waals surface area contributed by atoms with Crippen molar-refractivity contribution < 1.29 is 4.52 Å². The number of hydrogen-bond donors (Lipinski definition) is 0. The lowest BCUT2D eigenvalue weighted by molar-refractivity contribution is 0.0753. The summed E-state index contributed by atoms with van der Waals surface area (Å²) < 4.78 is 5.77. The monoisotopic (exact) mass is 456 g/mol. The first-order chi connectivity index (χ1) is 16.2. The van der Waals surface area contributed by atoms with Gasteiger partial charge in [0.1, 0.15) is 6.17 Å². The van der Waals surface area contributed by atoms with Crippen LogP contribution in [0.3, 0.4) is 0 Å². The van der Waals surface area contributed by atoms with Gasteiger partial charge in [0.15, 0.2) is 5.82 Å². The van der Waals surface area contributed by atoms with Crippen LogP contribution in [0.1, 0.15) is 95.2 Å². The van der Waals surface area contributed by atoms with E-state index in [1.807, 2.05) is 0 Å². The molecule has 184 valence electrons. The molecule has 1 aromatic rings. The number of aromatic nitrogens is 2. The van der Waals surface area contributed by atoms with Crippen LogP contribution in [0, 0.1) is 5.92 Å². The number of hydrogen-bond acceptors (Lipinski definition) is 7. The first-order valence-electron chi connectivity index (χ1n) is 13.7. The lowest BCUT2D eigenvalue weighted by atomic mass is 9.81. The summed E-state index contributed by atoms with van der Waals surface area (Å²) in [7, 11) is 0. The van der Waals surface area contributed by atoms with Crippen LogP contribution in [-0.2, 0) is 0 Å². The average Bonchev–Trinajstić information content (AvgIpc) is 3.36. The van der Waals surface area contributed by atoms with Crippen LogP contribution in [-0.4, -0.2) is 89.1 Å². The molecular formula is C26H44N6O. The van der Waals surface area contributed by atoms with Gasteiger partial charge < -0.3 is 9.42 Å². The summed E-state index contributed by atoms with van der Waals surface area (Å²) in [5.74, 6) is 3.25. The average molecular weight is 457 g/mol. The Hall–Kier alpha value is -1.31. The summed E-state index contributed by atoms with van der Waals surface area (Å²) in [4.78, 5) is 17.6. The zero-order valence-corrected chi connectivity index (χ0v) is 20.9. The van der Waals surface area contributed by atoms with Gasteiger partial charge in [0.2, 0.25) is 5.89 Å². The molecule has 1 aliphatic carbocycles. The fourth-order valence-electron chi connectivity index (χ4n) is 6.37. The quantitative estimate of drug-likeness (QED) is 0.641. The lowest BCUT2D eigenvalue weighted by Crippen LogP contribution is -2.52. The van der Waals surface area contributed by atoms with Crippen LogP contribution in [0.4, 0.5) is 0 Å². The molecule has 1 saturated carbocycles. The van der Waals surface area contributed by atoms with E-state index in [9.17, 15) is 0 Å². The van der Waals surface area contributed by atoms with Crippen molar-refractivity contribution in [1.29, 1.82) is 0 Å². The van der Waals surface area contributed by atoms with Crippen LogP contribution < -0.4 is 0 Å². The number of aliphatic imine (C=N–C) groups is 1. The summed E-state index contributed by atoms with van der Waals surface area (Å²) in [5.41, 5.74) is 0. The highest BCUT2D eigenvalue weighted by Gasteiger charge is 2.31. The van der Waals surface area contributed by atoms with Gasteiger partial charge in [-0.05, 0) is 84.2 Å². The molecule has 2 atom stereocenters. The molecule has 4 aliphatic rings. The highest BCUT2D eigenvalue weighted by atomic mass is 16.5. The predicted octanol–water partition coefficient (Wildman–Crippen LogP) is 4.13. The molecule has 7 nitrogen and oxygen atoms in total. The minimum atomic E-state index is 0.214. The van der Waals surface area contributed by atoms with Gasteiger partial charge in [0.05, 0.1) is 5.92 Å². The Bertz CT molecular complexity index is 757. The first-order valence-corrected chi connectivity index (χ1v) is 13.7. The molecule has 2 saturated heterocycles. The highest BCUT2D eigenvalue weighted by Crippen LogP contribution is 2.36. The molecule has 2 unspecified atom stereocenters. The fraction of sp³-hybridized carbons (Fsp3) is 0.885. The van der Waals surface area contributed by atoms with E-state index in [0.717, 1.165) is 56.7 Å². The van der Waals surface area contributed by atoms with E-state index < -0.39 is 0 Å². The normalized spacial score (nSPS) is 33.1. The second-order valence-corrected chi connectivity index (χ2v) is 11.2. The molecule has 0 N–H and O–H groups in total. The summed E-state index contributed by atoms with van der Waals surface area (Å²) >= 11 is 0. The van der Waals surface area contributed by atoms with Crippen molar-refractivity contribution in [2.75, 3.05) is 45.8 Å². The third kappa shape index (κ3) is 5.85. The van der Waals surface area contributed by atoms with E-state index >= 15 is 0 Å². The van der Waals surface area contributed by atoms with Crippen molar-refractivity contribution in [1.82, 2.24) is 24.8 Å². The Morgan fingerprint density at radius 2 is 1.67 bits per heavy atom. The number of piperazine rings is 1. The molecule has 1 aromatic heterocycles.